The molecule has 0 unspecified atom stereocenters. The Morgan fingerprint density at radius 3 is 2.78 bits per heavy atom. The summed E-state index contributed by atoms with van der Waals surface area (Å²) in [5, 5.41) is 8.74. The summed E-state index contributed by atoms with van der Waals surface area (Å²) < 4.78 is 14.7. The highest BCUT2D eigenvalue weighted by Crippen LogP contribution is 2.10. The molecule has 1 aromatic heterocycles. The standard InChI is InChI=1S/C14H11FN2O/c1-10-4-5-17(14(18)6-10)9-11-2-3-13(15)12(7-11)8-16/h2-7H,9H2,1H3. The summed E-state index contributed by atoms with van der Waals surface area (Å²) in [5.74, 6) is -0.544. The van der Waals surface area contributed by atoms with Crippen LogP contribution in [-0.4, -0.2) is 4.57 Å². The summed E-state index contributed by atoms with van der Waals surface area (Å²) in [4.78, 5) is 11.7. The molecule has 0 amide bonds. The second-order valence-corrected chi connectivity index (χ2v) is 4.10. The molecule has 1 heterocycles. The van der Waals surface area contributed by atoms with Gasteiger partial charge in [0.1, 0.15) is 11.9 Å². The zero-order valence-corrected chi connectivity index (χ0v) is 9.85. The zero-order chi connectivity index (χ0) is 13.1. The van der Waals surface area contributed by atoms with Crippen molar-refractivity contribution in [3.8, 4) is 6.07 Å². The van der Waals surface area contributed by atoms with Crippen molar-refractivity contribution in [2.45, 2.75) is 13.5 Å². The second-order valence-electron chi connectivity index (χ2n) is 4.10. The van der Waals surface area contributed by atoms with Gasteiger partial charge in [0.2, 0.25) is 0 Å². The first-order valence-corrected chi connectivity index (χ1v) is 5.46. The topological polar surface area (TPSA) is 45.8 Å². The number of halogens is 1. The maximum atomic E-state index is 13.1. The van der Waals surface area contributed by atoms with E-state index >= 15 is 0 Å². The van der Waals surface area contributed by atoms with Gasteiger partial charge in [0.25, 0.3) is 5.56 Å². The molecule has 0 aliphatic carbocycles. The van der Waals surface area contributed by atoms with E-state index in [1.54, 1.807) is 18.3 Å². The highest BCUT2D eigenvalue weighted by atomic mass is 19.1. The molecule has 4 heteroatoms. The average Bonchev–Trinajstić information content (AvgIpc) is 2.35. The molecular formula is C14H11FN2O. The summed E-state index contributed by atoms with van der Waals surface area (Å²) in [5.41, 5.74) is 1.50. The van der Waals surface area contributed by atoms with Gasteiger partial charge in [-0.2, -0.15) is 5.26 Å². The van der Waals surface area contributed by atoms with Crippen molar-refractivity contribution in [3.63, 3.8) is 0 Å². The summed E-state index contributed by atoms with van der Waals surface area (Å²) in [6.45, 7) is 2.17. The van der Waals surface area contributed by atoms with E-state index in [1.807, 2.05) is 13.0 Å². The molecular weight excluding hydrogens is 231 g/mol. The summed E-state index contributed by atoms with van der Waals surface area (Å²) in [7, 11) is 0. The van der Waals surface area contributed by atoms with Crippen molar-refractivity contribution in [1.29, 1.82) is 5.26 Å². The summed E-state index contributed by atoms with van der Waals surface area (Å²) >= 11 is 0. The van der Waals surface area contributed by atoms with Gasteiger partial charge in [-0.1, -0.05) is 6.07 Å². The number of nitrogens with zero attached hydrogens (tertiary/aromatic N) is 2. The van der Waals surface area contributed by atoms with E-state index in [0.717, 1.165) is 11.1 Å². The van der Waals surface area contributed by atoms with Crippen LogP contribution in [0.15, 0.2) is 41.3 Å². The van der Waals surface area contributed by atoms with E-state index in [1.165, 1.54) is 22.8 Å². The van der Waals surface area contributed by atoms with Crippen LogP contribution in [0.25, 0.3) is 0 Å². The van der Waals surface area contributed by atoms with Gasteiger partial charge in [0.15, 0.2) is 0 Å². The Labute approximate surface area is 104 Å². The minimum Gasteiger partial charge on any atom is -0.311 e. The van der Waals surface area contributed by atoms with Crippen molar-refractivity contribution in [3.05, 3.63) is 69.4 Å². The Morgan fingerprint density at radius 1 is 1.33 bits per heavy atom. The van der Waals surface area contributed by atoms with Crippen LogP contribution in [0.3, 0.4) is 0 Å². The number of pyridine rings is 1. The van der Waals surface area contributed by atoms with Gasteiger partial charge in [0.05, 0.1) is 12.1 Å². The number of aryl methyl sites for hydroxylation is 1. The molecule has 0 atom stereocenters. The predicted molar refractivity (Wildman–Crippen MR) is 65.7 cm³/mol. The fourth-order valence-corrected chi connectivity index (χ4v) is 1.69. The van der Waals surface area contributed by atoms with E-state index in [2.05, 4.69) is 0 Å². The maximum Gasteiger partial charge on any atom is 0.251 e. The van der Waals surface area contributed by atoms with Crippen LogP contribution in [-0.2, 0) is 6.54 Å². The third-order valence-corrected chi connectivity index (χ3v) is 2.66. The van der Waals surface area contributed by atoms with Gasteiger partial charge in [-0.15, -0.1) is 0 Å². The Kier molecular flexibility index (Phi) is 3.24. The van der Waals surface area contributed by atoms with E-state index < -0.39 is 5.82 Å². The summed E-state index contributed by atoms with van der Waals surface area (Å²) in [6.07, 6.45) is 1.69. The smallest absolute Gasteiger partial charge is 0.251 e. The molecule has 2 aromatic rings. The average molecular weight is 242 g/mol. The molecule has 3 nitrogen and oxygen atoms in total. The molecule has 0 aliphatic heterocycles. The highest BCUT2D eigenvalue weighted by molar-refractivity contribution is 5.34. The van der Waals surface area contributed by atoms with Gasteiger partial charge < -0.3 is 4.57 Å². The maximum absolute atomic E-state index is 13.1. The number of benzene rings is 1. The van der Waals surface area contributed by atoms with Crippen LogP contribution in [0.5, 0.6) is 0 Å². The van der Waals surface area contributed by atoms with Crippen LogP contribution in [0.4, 0.5) is 4.39 Å². The van der Waals surface area contributed by atoms with E-state index in [0.29, 0.717) is 6.54 Å². The lowest BCUT2D eigenvalue weighted by Crippen LogP contribution is -2.19. The second kappa shape index (κ2) is 4.84. The molecule has 0 fully saturated rings. The van der Waals surface area contributed by atoms with Crippen molar-refractivity contribution in [2.75, 3.05) is 0 Å². The van der Waals surface area contributed by atoms with E-state index in [-0.39, 0.29) is 11.1 Å². The van der Waals surface area contributed by atoms with Gasteiger partial charge in [0, 0.05) is 12.3 Å². The fraction of sp³-hybridized carbons (Fsp3) is 0.143. The predicted octanol–water partition coefficient (Wildman–Crippen LogP) is 2.22. The zero-order valence-electron chi connectivity index (χ0n) is 9.85. The lowest BCUT2D eigenvalue weighted by Gasteiger charge is -2.06. The van der Waals surface area contributed by atoms with Gasteiger partial charge in [-0.25, -0.2) is 4.39 Å². The SMILES string of the molecule is Cc1ccn(Cc2ccc(F)c(C#N)c2)c(=O)c1. The molecule has 1 aromatic carbocycles. The molecule has 2 rings (SSSR count). The lowest BCUT2D eigenvalue weighted by molar-refractivity contribution is 0.622. The molecule has 18 heavy (non-hydrogen) atoms. The third kappa shape index (κ3) is 2.46. The number of hydrogen-bond acceptors (Lipinski definition) is 2. The van der Waals surface area contributed by atoms with Crippen LogP contribution in [0.1, 0.15) is 16.7 Å². The largest absolute Gasteiger partial charge is 0.311 e. The van der Waals surface area contributed by atoms with Crippen LogP contribution >= 0.6 is 0 Å². The van der Waals surface area contributed by atoms with Crippen molar-refractivity contribution < 1.29 is 4.39 Å². The molecule has 0 spiro atoms. The minimum atomic E-state index is -0.544. The lowest BCUT2D eigenvalue weighted by atomic mass is 10.1. The first-order chi connectivity index (χ1) is 8.60. The normalized spacial score (nSPS) is 10.1. The number of hydrogen-bond donors (Lipinski definition) is 0. The molecule has 90 valence electrons. The summed E-state index contributed by atoms with van der Waals surface area (Å²) in [6, 6.07) is 9.42. The van der Waals surface area contributed by atoms with Crippen LogP contribution in [0, 0.1) is 24.1 Å². The fourth-order valence-electron chi connectivity index (χ4n) is 1.69. The van der Waals surface area contributed by atoms with E-state index in [4.69, 9.17) is 5.26 Å². The molecule has 0 saturated carbocycles. The number of aromatic nitrogens is 1. The monoisotopic (exact) mass is 242 g/mol. The van der Waals surface area contributed by atoms with Gasteiger partial charge in [-0.3, -0.25) is 4.79 Å². The van der Waals surface area contributed by atoms with Crippen LogP contribution in [0.2, 0.25) is 0 Å². The van der Waals surface area contributed by atoms with Gasteiger partial charge >= 0.3 is 0 Å². The van der Waals surface area contributed by atoms with Gasteiger partial charge in [-0.05, 0) is 36.2 Å². The number of rotatable bonds is 2. The molecule has 0 bridgehead atoms. The van der Waals surface area contributed by atoms with E-state index in [9.17, 15) is 9.18 Å². The Morgan fingerprint density at radius 2 is 2.11 bits per heavy atom. The highest BCUT2D eigenvalue weighted by Gasteiger charge is 2.04. The Hall–Kier alpha value is -2.41. The first kappa shape index (κ1) is 12.1. The van der Waals surface area contributed by atoms with Crippen molar-refractivity contribution in [1.82, 2.24) is 4.57 Å². The molecule has 0 N–H and O–H groups in total. The van der Waals surface area contributed by atoms with Crippen LogP contribution < -0.4 is 5.56 Å². The molecule has 0 radical (unpaired) electrons. The molecule has 0 saturated heterocycles. The quantitative estimate of drug-likeness (QED) is 0.810. The minimum absolute atomic E-state index is 0.00680. The van der Waals surface area contributed by atoms with Crippen molar-refractivity contribution >= 4 is 0 Å². The van der Waals surface area contributed by atoms with Crippen molar-refractivity contribution in [2.24, 2.45) is 0 Å². The Balaban J connectivity index is 2.35. The Bertz CT molecular complexity index is 683. The first-order valence-electron chi connectivity index (χ1n) is 5.46. The third-order valence-electron chi connectivity index (χ3n) is 2.66. The number of nitriles is 1. The molecule has 0 aliphatic rings.